The molecule has 100 valence electrons. The van der Waals surface area contributed by atoms with Gasteiger partial charge in [-0.05, 0) is 58.7 Å². The monoisotopic (exact) mass is 239 g/mol. The molecule has 3 heteroatoms. The molecule has 1 heterocycles. The molecule has 0 bridgehead atoms. The molecule has 2 rings (SSSR count). The molecule has 1 aliphatic carbocycles. The Morgan fingerprint density at radius 2 is 2.18 bits per heavy atom. The second-order valence-corrected chi connectivity index (χ2v) is 6.45. The van der Waals surface area contributed by atoms with E-state index in [1.54, 1.807) is 0 Å². The minimum Gasteiger partial charge on any atom is -0.329 e. The van der Waals surface area contributed by atoms with Gasteiger partial charge in [-0.25, -0.2) is 0 Å². The third-order valence-corrected chi connectivity index (χ3v) is 5.11. The van der Waals surface area contributed by atoms with Crippen molar-refractivity contribution in [2.75, 3.05) is 33.7 Å². The van der Waals surface area contributed by atoms with Crippen LogP contribution in [0.1, 0.15) is 39.0 Å². The number of hydrogen-bond donors (Lipinski definition) is 1. The molecule has 3 atom stereocenters. The smallest absolute Gasteiger partial charge is 0.0334 e. The topological polar surface area (TPSA) is 32.5 Å². The van der Waals surface area contributed by atoms with Crippen LogP contribution in [0.2, 0.25) is 0 Å². The van der Waals surface area contributed by atoms with Crippen LogP contribution in [0, 0.1) is 5.92 Å². The largest absolute Gasteiger partial charge is 0.329 e. The highest BCUT2D eigenvalue weighted by molar-refractivity contribution is 4.99. The fraction of sp³-hybridized carbons (Fsp3) is 1.00. The molecule has 0 amide bonds. The van der Waals surface area contributed by atoms with Gasteiger partial charge in [0.05, 0.1) is 0 Å². The van der Waals surface area contributed by atoms with E-state index in [0.29, 0.717) is 11.6 Å². The van der Waals surface area contributed by atoms with Crippen molar-refractivity contribution < 1.29 is 0 Å². The van der Waals surface area contributed by atoms with Crippen molar-refractivity contribution in [1.82, 2.24) is 9.80 Å². The molecule has 2 N–H and O–H groups in total. The third kappa shape index (κ3) is 2.67. The Kier molecular flexibility index (Phi) is 4.11. The van der Waals surface area contributed by atoms with E-state index in [0.717, 1.165) is 12.5 Å². The molecular weight excluding hydrogens is 210 g/mol. The number of nitrogens with two attached hydrogens (primary N) is 1. The first-order valence-corrected chi connectivity index (χ1v) is 7.19. The molecule has 1 aliphatic heterocycles. The van der Waals surface area contributed by atoms with Gasteiger partial charge < -0.3 is 10.6 Å². The second kappa shape index (κ2) is 5.25. The van der Waals surface area contributed by atoms with E-state index in [2.05, 4.69) is 30.8 Å². The second-order valence-electron chi connectivity index (χ2n) is 6.45. The Labute approximate surface area is 106 Å². The van der Waals surface area contributed by atoms with Crippen LogP contribution in [0.5, 0.6) is 0 Å². The van der Waals surface area contributed by atoms with Crippen molar-refractivity contribution in [2.24, 2.45) is 11.7 Å². The van der Waals surface area contributed by atoms with Gasteiger partial charge in [0.2, 0.25) is 0 Å². The summed E-state index contributed by atoms with van der Waals surface area (Å²) >= 11 is 0. The van der Waals surface area contributed by atoms with Crippen LogP contribution in [0.4, 0.5) is 0 Å². The first-order chi connectivity index (χ1) is 8.07. The SMILES string of the molecule is CC1CCC(CN)(N(C)C2CCCN(C)C2)C1. The maximum absolute atomic E-state index is 6.12. The van der Waals surface area contributed by atoms with Crippen molar-refractivity contribution in [3.8, 4) is 0 Å². The summed E-state index contributed by atoms with van der Waals surface area (Å²) in [6, 6.07) is 0.711. The number of hydrogen-bond acceptors (Lipinski definition) is 3. The molecule has 0 aromatic carbocycles. The van der Waals surface area contributed by atoms with E-state index in [1.165, 1.54) is 45.2 Å². The fourth-order valence-electron chi connectivity index (χ4n) is 3.86. The Morgan fingerprint density at radius 3 is 2.71 bits per heavy atom. The van der Waals surface area contributed by atoms with E-state index in [-0.39, 0.29) is 0 Å². The molecule has 3 nitrogen and oxygen atoms in total. The van der Waals surface area contributed by atoms with Crippen molar-refractivity contribution in [3.05, 3.63) is 0 Å². The van der Waals surface area contributed by atoms with Crippen molar-refractivity contribution in [3.63, 3.8) is 0 Å². The molecule has 0 aromatic rings. The predicted molar refractivity (Wildman–Crippen MR) is 73.1 cm³/mol. The van der Waals surface area contributed by atoms with Crippen molar-refractivity contribution >= 4 is 0 Å². The first-order valence-electron chi connectivity index (χ1n) is 7.19. The number of rotatable bonds is 3. The molecular formula is C14H29N3. The average molecular weight is 239 g/mol. The fourth-order valence-corrected chi connectivity index (χ4v) is 3.86. The lowest BCUT2D eigenvalue weighted by atomic mass is 9.90. The normalized spacial score (nSPS) is 40.1. The highest BCUT2D eigenvalue weighted by Gasteiger charge is 2.42. The number of likely N-dealkylation sites (N-methyl/N-ethyl adjacent to an activating group) is 2. The number of likely N-dealkylation sites (tertiary alicyclic amines) is 1. The summed E-state index contributed by atoms with van der Waals surface area (Å²) in [6.07, 6.45) is 6.62. The molecule has 3 unspecified atom stereocenters. The minimum absolute atomic E-state index is 0.294. The van der Waals surface area contributed by atoms with Crippen LogP contribution in [0.3, 0.4) is 0 Å². The molecule has 2 aliphatic rings. The summed E-state index contributed by atoms with van der Waals surface area (Å²) in [4.78, 5) is 5.10. The molecule has 0 spiro atoms. The van der Waals surface area contributed by atoms with Crippen LogP contribution in [-0.4, -0.2) is 55.1 Å². The Bertz CT molecular complexity index is 256. The van der Waals surface area contributed by atoms with E-state index < -0.39 is 0 Å². The Balaban J connectivity index is 2.04. The Hall–Kier alpha value is -0.120. The van der Waals surface area contributed by atoms with Gasteiger partial charge in [0, 0.05) is 24.7 Å². The van der Waals surface area contributed by atoms with Gasteiger partial charge >= 0.3 is 0 Å². The van der Waals surface area contributed by atoms with Crippen LogP contribution in [0.25, 0.3) is 0 Å². The molecule has 1 saturated carbocycles. The summed E-state index contributed by atoms with van der Waals surface area (Å²) in [5.74, 6) is 0.849. The number of nitrogens with zero attached hydrogens (tertiary/aromatic N) is 2. The van der Waals surface area contributed by atoms with Crippen LogP contribution in [-0.2, 0) is 0 Å². The van der Waals surface area contributed by atoms with Crippen molar-refractivity contribution in [2.45, 2.75) is 50.6 Å². The summed E-state index contributed by atoms with van der Waals surface area (Å²) in [5, 5.41) is 0. The zero-order chi connectivity index (χ0) is 12.5. The molecule has 17 heavy (non-hydrogen) atoms. The lowest BCUT2D eigenvalue weighted by Crippen LogP contribution is -2.58. The first kappa shape index (κ1) is 13.3. The predicted octanol–water partition coefficient (Wildman–Crippen LogP) is 1.53. The molecule has 0 radical (unpaired) electrons. The lowest BCUT2D eigenvalue weighted by Gasteiger charge is -2.46. The standard InChI is InChI=1S/C14H29N3/c1-12-6-7-14(9-12,11-15)17(3)13-5-4-8-16(2)10-13/h12-13H,4-11,15H2,1-3H3. The summed E-state index contributed by atoms with van der Waals surface area (Å²) in [7, 11) is 4.56. The minimum atomic E-state index is 0.294. The quantitative estimate of drug-likeness (QED) is 0.811. The van der Waals surface area contributed by atoms with Crippen LogP contribution in [0.15, 0.2) is 0 Å². The maximum Gasteiger partial charge on any atom is 0.0334 e. The molecule has 1 saturated heterocycles. The van der Waals surface area contributed by atoms with E-state index in [9.17, 15) is 0 Å². The van der Waals surface area contributed by atoms with Gasteiger partial charge in [0.1, 0.15) is 0 Å². The van der Waals surface area contributed by atoms with Gasteiger partial charge in [-0.15, -0.1) is 0 Å². The lowest BCUT2D eigenvalue weighted by molar-refractivity contribution is 0.0397. The van der Waals surface area contributed by atoms with Crippen molar-refractivity contribution in [1.29, 1.82) is 0 Å². The maximum atomic E-state index is 6.12. The zero-order valence-electron chi connectivity index (χ0n) is 11.8. The van der Waals surface area contributed by atoms with E-state index in [4.69, 9.17) is 5.73 Å². The summed E-state index contributed by atoms with van der Waals surface area (Å²) in [5.41, 5.74) is 6.41. The van der Waals surface area contributed by atoms with E-state index >= 15 is 0 Å². The molecule has 2 fully saturated rings. The highest BCUT2D eigenvalue weighted by Crippen LogP contribution is 2.39. The average Bonchev–Trinajstić information content (AvgIpc) is 2.71. The van der Waals surface area contributed by atoms with Gasteiger partial charge in [0.15, 0.2) is 0 Å². The zero-order valence-corrected chi connectivity index (χ0v) is 11.8. The van der Waals surface area contributed by atoms with Gasteiger partial charge in [0.25, 0.3) is 0 Å². The van der Waals surface area contributed by atoms with Crippen LogP contribution < -0.4 is 5.73 Å². The highest BCUT2D eigenvalue weighted by atomic mass is 15.3. The van der Waals surface area contributed by atoms with Crippen LogP contribution >= 0.6 is 0 Å². The Morgan fingerprint density at radius 1 is 1.41 bits per heavy atom. The number of piperidine rings is 1. The molecule has 0 aromatic heterocycles. The van der Waals surface area contributed by atoms with Gasteiger partial charge in [-0.3, -0.25) is 4.90 Å². The summed E-state index contributed by atoms with van der Waals surface area (Å²) < 4.78 is 0. The van der Waals surface area contributed by atoms with Gasteiger partial charge in [-0.1, -0.05) is 6.92 Å². The third-order valence-electron chi connectivity index (χ3n) is 5.11. The van der Waals surface area contributed by atoms with Gasteiger partial charge in [-0.2, -0.15) is 0 Å². The van der Waals surface area contributed by atoms with E-state index in [1.807, 2.05) is 0 Å². The summed E-state index contributed by atoms with van der Waals surface area (Å²) in [6.45, 7) is 5.68.